The molecule has 1 saturated heterocycles. The van der Waals surface area contributed by atoms with Crippen LogP contribution in [0.3, 0.4) is 0 Å². The minimum atomic E-state index is -1.19. The predicted molar refractivity (Wildman–Crippen MR) is 152 cm³/mol. The van der Waals surface area contributed by atoms with Crippen molar-refractivity contribution >= 4 is 17.5 Å². The van der Waals surface area contributed by atoms with E-state index in [2.05, 4.69) is 49.5 Å². The van der Waals surface area contributed by atoms with Crippen LogP contribution in [0.2, 0.25) is 0 Å². The minimum absolute atomic E-state index is 0.121. The van der Waals surface area contributed by atoms with Crippen molar-refractivity contribution in [3.63, 3.8) is 0 Å². The van der Waals surface area contributed by atoms with Crippen LogP contribution in [0.15, 0.2) is 29.0 Å². The van der Waals surface area contributed by atoms with Gasteiger partial charge in [-0.2, -0.15) is 4.98 Å². The monoisotopic (exact) mass is 571 g/mol. The molecule has 222 valence electrons. The zero-order valence-corrected chi connectivity index (χ0v) is 24.1. The third-order valence-corrected chi connectivity index (χ3v) is 6.91. The zero-order valence-electron chi connectivity index (χ0n) is 24.1. The van der Waals surface area contributed by atoms with Gasteiger partial charge in [0.1, 0.15) is 17.2 Å². The second-order valence-electron chi connectivity index (χ2n) is 11.7. The SMILES string of the molecule is CC(C)Cc1nc(-c2cnc(N3CCC(CCCNc4cc(F)c(C(=O)NCC(C)(C)O)c(F)c4)CC3)nc2)no1. The molecule has 0 bridgehead atoms. The number of hydrogen-bond acceptors (Lipinski definition) is 9. The van der Waals surface area contributed by atoms with Crippen LogP contribution in [0.25, 0.3) is 11.4 Å². The predicted octanol–water partition coefficient (Wildman–Crippen LogP) is 4.61. The summed E-state index contributed by atoms with van der Waals surface area (Å²) in [6.07, 6.45) is 8.02. The summed E-state index contributed by atoms with van der Waals surface area (Å²) in [5.41, 5.74) is -0.838. The topological polar surface area (TPSA) is 129 Å². The Bertz CT molecular complexity index is 1280. The van der Waals surface area contributed by atoms with Gasteiger partial charge in [-0.25, -0.2) is 18.7 Å². The molecule has 3 heterocycles. The lowest BCUT2D eigenvalue weighted by molar-refractivity contribution is 0.0690. The summed E-state index contributed by atoms with van der Waals surface area (Å²) in [7, 11) is 0. The molecule has 1 aliphatic rings. The van der Waals surface area contributed by atoms with Gasteiger partial charge in [-0.15, -0.1) is 0 Å². The molecule has 0 saturated carbocycles. The maximum atomic E-state index is 14.5. The first kappa shape index (κ1) is 30.3. The lowest BCUT2D eigenvalue weighted by Gasteiger charge is -2.32. The fourth-order valence-corrected chi connectivity index (χ4v) is 4.73. The van der Waals surface area contributed by atoms with Crippen LogP contribution in [0.4, 0.5) is 20.4 Å². The van der Waals surface area contributed by atoms with Gasteiger partial charge in [0.25, 0.3) is 5.91 Å². The number of piperidine rings is 1. The van der Waals surface area contributed by atoms with Crippen LogP contribution in [0.1, 0.15) is 69.6 Å². The molecule has 0 atom stereocenters. The molecule has 12 heteroatoms. The first-order chi connectivity index (χ1) is 19.5. The van der Waals surface area contributed by atoms with E-state index in [1.165, 1.54) is 13.8 Å². The molecule has 2 aromatic heterocycles. The summed E-state index contributed by atoms with van der Waals surface area (Å²) in [6, 6.07) is 2.24. The fraction of sp³-hybridized carbons (Fsp3) is 0.552. The van der Waals surface area contributed by atoms with Crippen LogP contribution in [0.5, 0.6) is 0 Å². The Hall–Kier alpha value is -3.67. The average Bonchev–Trinajstić information content (AvgIpc) is 3.37. The third kappa shape index (κ3) is 8.66. The molecular formula is C29H39F2N7O3. The molecule has 0 unspecified atom stereocenters. The van der Waals surface area contributed by atoms with Gasteiger partial charge in [-0.3, -0.25) is 4.79 Å². The summed E-state index contributed by atoms with van der Waals surface area (Å²) in [5.74, 6) is -0.0363. The minimum Gasteiger partial charge on any atom is -0.389 e. The molecule has 3 N–H and O–H groups in total. The molecule has 1 amide bonds. The molecule has 0 radical (unpaired) electrons. The Morgan fingerprint density at radius 3 is 2.44 bits per heavy atom. The summed E-state index contributed by atoms with van der Waals surface area (Å²) >= 11 is 0. The van der Waals surface area contributed by atoms with Gasteiger partial charge in [-0.05, 0) is 63.5 Å². The van der Waals surface area contributed by atoms with E-state index in [-0.39, 0.29) is 12.2 Å². The highest BCUT2D eigenvalue weighted by Gasteiger charge is 2.23. The summed E-state index contributed by atoms with van der Waals surface area (Å²) < 4.78 is 34.3. The van der Waals surface area contributed by atoms with Crippen molar-refractivity contribution in [3.05, 3.63) is 47.6 Å². The number of hydrogen-bond donors (Lipinski definition) is 3. The quantitative estimate of drug-likeness (QED) is 0.267. The molecular weight excluding hydrogens is 532 g/mol. The van der Waals surface area contributed by atoms with Crippen molar-refractivity contribution in [2.75, 3.05) is 36.4 Å². The lowest BCUT2D eigenvalue weighted by atomic mass is 9.92. The molecule has 1 aromatic carbocycles. The van der Waals surface area contributed by atoms with Crippen molar-refractivity contribution in [3.8, 4) is 11.4 Å². The molecule has 4 rings (SSSR count). The molecule has 0 aliphatic carbocycles. The van der Waals surface area contributed by atoms with Gasteiger partial charge in [0.2, 0.25) is 17.7 Å². The van der Waals surface area contributed by atoms with Gasteiger partial charge in [0.15, 0.2) is 0 Å². The Labute approximate surface area is 239 Å². The lowest BCUT2D eigenvalue weighted by Crippen LogP contribution is -2.38. The van der Waals surface area contributed by atoms with E-state index in [1.807, 2.05) is 0 Å². The highest BCUT2D eigenvalue weighted by molar-refractivity contribution is 5.95. The number of nitrogens with one attached hydrogen (secondary N) is 2. The number of anilines is 2. The largest absolute Gasteiger partial charge is 0.389 e. The van der Waals surface area contributed by atoms with Gasteiger partial charge in [-0.1, -0.05) is 19.0 Å². The van der Waals surface area contributed by atoms with Gasteiger partial charge in [0, 0.05) is 50.7 Å². The second-order valence-corrected chi connectivity index (χ2v) is 11.7. The van der Waals surface area contributed by atoms with E-state index in [0.29, 0.717) is 36.0 Å². The van der Waals surface area contributed by atoms with Crippen LogP contribution in [0, 0.1) is 23.5 Å². The van der Waals surface area contributed by atoms with Gasteiger partial charge >= 0.3 is 0 Å². The van der Waals surface area contributed by atoms with E-state index in [9.17, 15) is 18.7 Å². The van der Waals surface area contributed by atoms with Gasteiger partial charge in [0.05, 0.1) is 11.2 Å². The maximum absolute atomic E-state index is 14.5. The van der Waals surface area contributed by atoms with Crippen LogP contribution in [-0.4, -0.2) is 62.9 Å². The van der Waals surface area contributed by atoms with E-state index < -0.39 is 28.7 Å². The van der Waals surface area contributed by atoms with Crippen molar-refractivity contribution in [1.29, 1.82) is 0 Å². The molecule has 3 aromatic rings. The molecule has 41 heavy (non-hydrogen) atoms. The van der Waals surface area contributed by atoms with Crippen molar-refractivity contribution in [2.24, 2.45) is 11.8 Å². The number of aromatic nitrogens is 4. The first-order valence-electron chi connectivity index (χ1n) is 14.1. The summed E-state index contributed by atoms with van der Waals surface area (Å²) in [4.78, 5) is 27.8. The Morgan fingerprint density at radius 2 is 1.83 bits per heavy atom. The van der Waals surface area contributed by atoms with Crippen molar-refractivity contribution in [2.45, 2.75) is 65.4 Å². The van der Waals surface area contributed by atoms with Crippen LogP contribution in [-0.2, 0) is 6.42 Å². The Morgan fingerprint density at radius 1 is 1.17 bits per heavy atom. The van der Waals surface area contributed by atoms with Crippen molar-refractivity contribution < 1.29 is 23.2 Å². The normalized spacial score (nSPS) is 14.5. The number of rotatable bonds is 12. The maximum Gasteiger partial charge on any atom is 0.257 e. The van der Waals surface area contributed by atoms with E-state index in [0.717, 1.165) is 62.9 Å². The number of aliphatic hydroxyl groups is 1. The molecule has 1 aliphatic heterocycles. The number of nitrogens with zero attached hydrogens (tertiary/aromatic N) is 5. The van der Waals surface area contributed by atoms with Gasteiger partial charge < -0.3 is 25.2 Å². The van der Waals surface area contributed by atoms with E-state index in [4.69, 9.17) is 4.52 Å². The van der Waals surface area contributed by atoms with E-state index >= 15 is 0 Å². The summed E-state index contributed by atoms with van der Waals surface area (Å²) in [6.45, 7) is 9.32. The fourth-order valence-electron chi connectivity index (χ4n) is 4.73. The van der Waals surface area contributed by atoms with Crippen LogP contribution >= 0.6 is 0 Å². The molecule has 0 spiro atoms. The Balaban J connectivity index is 1.19. The number of amides is 1. The van der Waals surface area contributed by atoms with E-state index in [1.54, 1.807) is 12.4 Å². The standard InChI is InChI=1S/C29H39F2N7O3/c1-18(2)12-24-36-26(37-41-24)20-15-33-28(34-16-20)38-10-7-19(8-11-38)6-5-9-32-21-13-22(30)25(23(31)14-21)27(39)35-17-29(3,4)40/h13-16,18-19,32,40H,5-12,17H2,1-4H3,(H,35,39). The third-order valence-electron chi connectivity index (χ3n) is 6.91. The number of benzene rings is 1. The zero-order chi connectivity index (χ0) is 29.6. The molecule has 10 nitrogen and oxygen atoms in total. The highest BCUT2D eigenvalue weighted by Crippen LogP contribution is 2.26. The first-order valence-corrected chi connectivity index (χ1v) is 14.1. The second kappa shape index (κ2) is 13.3. The number of carbonyl (C=O) groups excluding carboxylic acids is 1. The highest BCUT2D eigenvalue weighted by atomic mass is 19.1. The summed E-state index contributed by atoms with van der Waals surface area (Å²) in [5, 5.41) is 19.1. The van der Waals surface area contributed by atoms with Crippen LogP contribution < -0.4 is 15.5 Å². The Kier molecular flexibility index (Phi) is 9.85. The number of halogens is 2. The average molecular weight is 572 g/mol. The van der Waals surface area contributed by atoms with Crippen molar-refractivity contribution in [1.82, 2.24) is 25.4 Å². The number of carbonyl (C=O) groups is 1. The smallest absolute Gasteiger partial charge is 0.257 e. The molecule has 1 fully saturated rings.